The van der Waals surface area contributed by atoms with Crippen molar-refractivity contribution in [2.24, 2.45) is 57.7 Å². The molecule has 0 amide bonds. The molecule has 1 spiro atoms. The van der Waals surface area contributed by atoms with Gasteiger partial charge in [-0.05, 0) is 85.9 Å². The second kappa shape index (κ2) is 14.5. The van der Waals surface area contributed by atoms with Crippen molar-refractivity contribution in [2.75, 3.05) is 26.9 Å². The Morgan fingerprint density at radius 2 is 1.44 bits per heavy atom. The number of fused-ring (bicyclic) bond motifs is 6. The highest BCUT2D eigenvalue weighted by Gasteiger charge is 2.81. The molecule has 8 aliphatic rings. The third-order valence-electron chi connectivity index (χ3n) is 17.2. The molecule has 5 saturated carbocycles. The summed E-state index contributed by atoms with van der Waals surface area (Å²) in [4.78, 5) is 0. The molecule has 8 rings (SSSR count). The highest BCUT2D eigenvalue weighted by atomic mass is 16.7. The first-order chi connectivity index (χ1) is 26.0. The van der Waals surface area contributed by atoms with E-state index in [0.717, 1.165) is 38.5 Å². The van der Waals surface area contributed by atoms with Crippen LogP contribution in [0.3, 0.4) is 0 Å². The molecule has 55 heavy (non-hydrogen) atoms. The summed E-state index contributed by atoms with van der Waals surface area (Å²) in [5.74, 6) is 0.681. The molecule has 0 aromatic carbocycles. The molecule has 3 heterocycles. The summed E-state index contributed by atoms with van der Waals surface area (Å²) in [6, 6.07) is 0. The molecular weight excluding hydrogens is 720 g/mol. The summed E-state index contributed by atoms with van der Waals surface area (Å²) >= 11 is 0. The average Bonchev–Trinajstić information content (AvgIpc) is 3.61. The van der Waals surface area contributed by atoms with Crippen molar-refractivity contribution in [2.45, 2.75) is 165 Å². The van der Waals surface area contributed by atoms with Crippen LogP contribution in [0, 0.1) is 57.7 Å². The van der Waals surface area contributed by atoms with Crippen LogP contribution in [-0.2, 0) is 28.4 Å². The summed E-state index contributed by atoms with van der Waals surface area (Å²) in [6.45, 7) is 8.13. The molecule has 15 heteroatoms. The Morgan fingerprint density at radius 3 is 2.07 bits per heavy atom. The maximum Gasteiger partial charge on any atom is 0.186 e. The lowest BCUT2D eigenvalue weighted by Gasteiger charge is -2.62. The van der Waals surface area contributed by atoms with Gasteiger partial charge in [0.15, 0.2) is 18.4 Å². The van der Waals surface area contributed by atoms with Crippen LogP contribution >= 0.6 is 0 Å². The first-order valence-corrected chi connectivity index (χ1v) is 20.8. The number of rotatable bonds is 11. The van der Waals surface area contributed by atoms with Gasteiger partial charge >= 0.3 is 0 Å². The second-order valence-electron chi connectivity index (χ2n) is 19.4. The second-order valence-corrected chi connectivity index (χ2v) is 19.4. The zero-order valence-electron chi connectivity index (χ0n) is 32.8. The van der Waals surface area contributed by atoms with Gasteiger partial charge < -0.3 is 74.4 Å². The van der Waals surface area contributed by atoms with Gasteiger partial charge in [-0.15, -0.1) is 0 Å². The van der Waals surface area contributed by atoms with Crippen molar-refractivity contribution < 1.29 is 74.4 Å². The van der Waals surface area contributed by atoms with Crippen LogP contribution in [0.5, 0.6) is 0 Å². The van der Waals surface area contributed by atoms with E-state index in [9.17, 15) is 46.0 Å². The van der Waals surface area contributed by atoms with E-state index in [4.69, 9.17) is 28.4 Å². The molecule has 5 aliphatic carbocycles. The molecule has 15 nitrogen and oxygen atoms in total. The summed E-state index contributed by atoms with van der Waals surface area (Å²) in [6.07, 6.45) is -7.56. The van der Waals surface area contributed by atoms with E-state index >= 15 is 0 Å². The molecular formula is C40H66O15. The third kappa shape index (κ3) is 5.92. The molecule has 316 valence electrons. The van der Waals surface area contributed by atoms with Gasteiger partial charge in [0, 0.05) is 30.3 Å². The maximum atomic E-state index is 12.1. The quantitative estimate of drug-likeness (QED) is 0.130. The van der Waals surface area contributed by atoms with E-state index in [1.165, 1.54) is 0 Å². The van der Waals surface area contributed by atoms with Crippen molar-refractivity contribution in [3.05, 3.63) is 0 Å². The summed E-state index contributed by atoms with van der Waals surface area (Å²) in [5, 5.41) is 93.8. The van der Waals surface area contributed by atoms with Gasteiger partial charge in [-0.2, -0.15) is 0 Å². The fourth-order valence-corrected chi connectivity index (χ4v) is 14.1. The SMILES string of the molecule is CO[C@]1(CC[C@H](C)CO[C@@H]2O[C@H](CO)[C@@H](O)[C@H](O)[C@H]2O)O[C@H]2C[C@H]3[C@@H]4C[C@@H](O)[C@]56C[C@@H]5C[C@@H](O[C@@H]5O[C@H](CO)[C@@H](O)[C@H](O)[C@H]5O)[C@]6(C)[C@H]4CC[C@]3(C)C2[C@@H]1C. The van der Waals surface area contributed by atoms with Crippen LogP contribution in [0.2, 0.25) is 0 Å². The van der Waals surface area contributed by atoms with E-state index in [1.807, 2.05) is 6.92 Å². The van der Waals surface area contributed by atoms with Crippen molar-refractivity contribution in [1.82, 2.24) is 0 Å². The fraction of sp³-hybridized carbons (Fsp3) is 1.00. The number of aliphatic hydroxyl groups excluding tert-OH is 9. The van der Waals surface area contributed by atoms with Crippen LogP contribution in [0.15, 0.2) is 0 Å². The Kier molecular flexibility index (Phi) is 10.9. The van der Waals surface area contributed by atoms with E-state index < -0.39 is 91.9 Å². The van der Waals surface area contributed by atoms with E-state index in [2.05, 4.69) is 20.8 Å². The van der Waals surface area contributed by atoms with Crippen molar-refractivity contribution in [1.29, 1.82) is 0 Å². The first-order valence-electron chi connectivity index (χ1n) is 20.8. The molecule has 0 bridgehead atoms. The van der Waals surface area contributed by atoms with E-state index in [0.29, 0.717) is 24.7 Å². The minimum absolute atomic E-state index is 0.0105. The smallest absolute Gasteiger partial charge is 0.186 e. The minimum atomic E-state index is -1.51. The van der Waals surface area contributed by atoms with Crippen molar-refractivity contribution in [3.63, 3.8) is 0 Å². The molecule has 9 N–H and O–H groups in total. The topological polar surface area (TPSA) is 237 Å². The summed E-state index contributed by atoms with van der Waals surface area (Å²) in [5.41, 5.74) is -0.707. The molecule has 24 atom stereocenters. The molecule has 3 saturated heterocycles. The van der Waals surface area contributed by atoms with Crippen LogP contribution in [0.25, 0.3) is 0 Å². The zero-order valence-corrected chi connectivity index (χ0v) is 32.8. The van der Waals surface area contributed by atoms with Gasteiger partial charge in [-0.1, -0.05) is 27.7 Å². The number of hydrogen-bond acceptors (Lipinski definition) is 15. The van der Waals surface area contributed by atoms with Gasteiger partial charge in [-0.3, -0.25) is 0 Å². The van der Waals surface area contributed by atoms with Crippen molar-refractivity contribution in [3.8, 4) is 0 Å². The lowest BCUT2D eigenvalue weighted by Crippen LogP contribution is -2.63. The molecule has 0 aromatic heterocycles. The van der Waals surface area contributed by atoms with Gasteiger partial charge in [0.25, 0.3) is 0 Å². The average molecular weight is 787 g/mol. The normalized spacial score (nSPS) is 58.7. The number of aliphatic hydroxyl groups is 9. The van der Waals surface area contributed by atoms with Crippen LogP contribution in [0.1, 0.15) is 79.1 Å². The lowest BCUT2D eigenvalue weighted by atomic mass is 9.44. The molecule has 8 fully saturated rings. The molecule has 1 unspecified atom stereocenters. The molecule has 3 aliphatic heterocycles. The summed E-state index contributed by atoms with van der Waals surface area (Å²) < 4.78 is 37.1. The standard InChI is InChI=1S/C40H66O15/c1-17(16-51-35-33(48)31(46)29(44)24(14-41)52-35)6-9-40(50-5)18(2)28-23(55-40)12-22-20-11-26(43)39-13-19(39)10-27(38(39,4)21(20)7-8-37(22,28)3)54-36-34(49)32(47)30(45)25(15-42)53-36/h17-36,41-49H,6-16H2,1-5H3/t17-,18-,19-,20+,21-,22-,23-,24+,25+,26+,27+,28?,29+,30+,31-,32-,33+,34+,35+,36-,37-,38-,39-,40+/m0/s1. The highest BCUT2D eigenvalue weighted by Crippen LogP contribution is 2.82. The Labute approximate surface area is 323 Å². The van der Waals surface area contributed by atoms with Gasteiger partial charge in [0.05, 0.1) is 38.1 Å². The Hall–Kier alpha value is -0.600. The maximum absolute atomic E-state index is 12.1. The predicted molar refractivity (Wildman–Crippen MR) is 190 cm³/mol. The van der Waals surface area contributed by atoms with Crippen LogP contribution < -0.4 is 0 Å². The Morgan fingerprint density at radius 1 is 0.800 bits per heavy atom. The summed E-state index contributed by atoms with van der Waals surface area (Å²) in [7, 11) is 1.71. The van der Waals surface area contributed by atoms with E-state index in [-0.39, 0.29) is 59.2 Å². The van der Waals surface area contributed by atoms with Crippen LogP contribution in [-0.4, -0.2) is 158 Å². The van der Waals surface area contributed by atoms with Gasteiger partial charge in [-0.25, -0.2) is 0 Å². The third-order valence-corrected chi connectivity index (χ3v) is 17.2. The fourth-order valence-electron chi connectivity index (χ4n) is 14.1. The largest absolute Gasteiger partial charge is 0.394 e. The molecule has 0 aromatic rings. The van der Waals surface area contributed by atoms with Crippen LogP contribution in [0.4, 0.5) is 0 Å². The number of methoxy groups -OCH3 is 1. The molecule has 0 radical (unpaired) electrons. The monoisotopic (exact) mass is 786 g/mol. The highest BCUT2D eigenvalue weighted by molar-refractivity contribution is 5.29. The van der Waals surface area contributed by atoms with E-state index in [1.54, 1.807) is 7.11 Å². The minimum Gasteiger partial charge on any atom is -0.394 e. The van der Waals surface area contributed by atoms with Crippen molar-refractivity contribution >= 4 is 0 Å². The predicted octanol–water partition coefficient (Wildman–Crippen LogP) is -0.369. The number of hydrogen-bond donors (Lipinski definition) is 9. The Balaban J connectivity index is 0.943. The lowest BCUT2D eigenvalue weighted by molar-refractivity contribution is -0.327. The first kappa shape index (κ1) is 41.1. The van der Waals surface area contributed by atoms with Gasteiger partial charge in [0.1, 0.15) is 48.8 Å². The van der Waals surface area contributed by atoms with Gasteiger partial charge in [0.2, 0.25) is 0 Å². The Bertz CT molecular complexity index is 1390. The number of ether oxygens (including phenoxy) is 6. The zero-order chi connectivity index (χ0) is 39.6.